The van der Waals surface area contributed by atoms with Crippen molar-refractivity contribution in [2.45, 2.75) is 13.0 Å². The van der Waals surface area contributed by atoms with E-state index >= 15 is 0 Å². The molecule has 1 fully saturated rings. The van der Waals surface area contributed by atoms with Crippen LogP contribution in [0.25, 0.3) is 0 Å². The van der Waals surface area contributed by atoms with Crippen molar-refractivity contribution in [3.8, 4) is 0 Å². The molecular formula is C13H17F2NO2. The number of aliphatic hydroxyl groups excluding tert-OH is 1. The van der Waals surface area contributed by atoms with Crippen LogP contribution in [-0.4, -0.2) is 31.4 Å². The molecule has 1 heterocycles. The van der Waals surface area contributed by atoms with Crippen molar-refractivity contribution in [3.63, 3.8) is 0 Å². The second-order valence-electron chi connectivity index (χ2n) is 5.12. The average Bonchev–Trinajstić information content (AvgIpc) is 2.30. The first-order chi connectivity index (χ1) is 8.50. The molecule has 2 N–H and O–H groups in total. The summed E-state index contributed by atoms with van der Waals surface area (Å²) >= 11 is 0. The minimum Gasteiger partial charge on any atom is -0.387 e. The molecule has 0 saturated carbocycles. The van der Waals surface area contributed by atoms with E-state index in [4.69, 9.17) is 4.74 Å². The van der Waals surface area contributed by atoms with Gasteiger partial charge in [0.05, 0.1) is 19.3 Å². The van der Waals surface area contributed by atoms with Gasteiger partial charge in [0, 0.05) is 24.1 Å². The highest BCUT2D eigenvalue weighted by atomic mass is 19.1. The Morgan fingerprint density at radius 2 is 2.17 bits per heavy atom. The summed E-state index contributed by atoms with van der Waals surface area (Å²) in [6.07, 6.45) is -1.05. The van der Waals surface area contributed by atoms with Gasteiger partial charge < -0.3 is 15.2 Å². The van der Waals surface area contributed by atoms with Crippen molar-refractivity contribution in [3.05, 3.63) is 35.4 Å². The van der Waals surface area contributed by atoms with Gasteiger partial charge in [0.1, 0.15) is 11.6 Å². The van der Waals surface area contributed by atoms with Gasteiger partial charge in [-0.2, -0.15) is 0 Å². The van der Waals surface area contributed by atoms with Crippen LogP contribution in [0.15, 0.2) is 18.2 Å². The van der Waals surface area contributed by atoms with Crippen molar-refractivity contribution in [2.24, 2.45) is 5.41 Å². The number of halogens is 2. The van der Waals surface area contributed by atoms with E-state index in [0.717, 1.165) is 18.2 Å². The minimum atomic E-state index is -1.05. The first-order valence-electron chi connectivity index (χ1n) is 5.92. The van der Waals surface area contributed by atoms with Crippen molar-refractivity contribution < 1.29 is 18.6 Å². The molecule has 1 aliphatic rings. The molecule has 0 aliphatic carbocycles. The zero-order valence-corrected chi connectivity index (χ0v) is 10.2. The molecule has 1 unspecified atom stereocenters. The number of benzene rings is 1. The van der Waals surface area contributed by atoms with Crippen LogP contribution in [0.3, 0.4) is 0 Å². The Labute approximate surface area is 105 Å². The Morgan fingerprint density at radius 3 is 2.78 bits per heavy atom. The number of hydrogen-bond acceptors (Lipinski definition) is 3. The van der Waals surface area contributed by atoms with Gasteiger partial charge in [0.25, 0.3) is 0 Å². The number of hydrogen-bond donors (Lipinski definition) is 2. The van der Waals surface area contributed by atoms with Crippen LogP contribution in [0.2, 0.25) is 0 Å². The van der Waals surface area contributed by atoms with Crippen LogP contribution in [-0.2, 0) is 4.74 Å². The quantitative estimate of drug-likeness (QED) is 0.842. The predicted octanol–water partition coefficient (Wildman–Crippen LogP) is 1.62. The molecule has 2 rings (SSSR count). The molecule has 0 aromatic heterocycles. The Kier molecular flexibility index (Phi) is 3.94. The maximum Gasteiger partial charge on any atom is 0.129 e. The van der Waals surface area contributed by atoms with Crippen molar-refractivity contribution >= 4 is 0 Å². The highest BCUT2D eigenvalue weighted by Crippen LogP contribution is 2.25. The zero-order valence-electron chi connectivity index (χ0n) is 10.2. The first kappa shape index (κ1) is 13.4. The number of ether oxygens (including phenoxy) is 1. The Morgan fingerprint density at radius 1 is 1.44 bits per heavy atom. The average molecular weight is 257 g/mol. The summed E-state index contributed by atoms with van der Waals surface area (Å²) in [6.45, 7) is 4.31. The number of rotatable bonds is 5. The standard InChI is InChI=1S/C13H17F2NO2/c1-13(7-18-8-13)6-16-5-12(17)10-4-9(14)2-3-11(10)15/h2-4,12,16-17H,5-8H2,1H3. The van der Waals surface area contributed by atoms with Gasteiger partial charge in [-0.15, -0.1) is 0 Å². The van der Waals surface area contributed by atoms with E-state index in [9.17, 15) is 13.9 Å². The zero-order chi connectivity index (χ0) is 13.2. The lowest BCUT2D eigenvalue weighted by atomic mass is 9.88. The van der Waals surface area contributed by atoms with Crippen molar-refractivity contribution in [2.75, 3.05) is 26.3 Å². The molecule has 1 aromatic rings. The lowest BCUT2D eigenvalue weighted by molar-refractivity contribution is -0.0996. The summed E-state index contributed by atoms with van der Waals surface area (Å²) in [4.78, 5) is 0. The fourth-order valence-electron chi connectivity index (χ4n) is 1.94. The normalized spacial score (nSPS) is 19.3. The largest absolute Gasteiger partial charge is 0.387 e. The van der Waals surface area contributed by atoms with Crippen LogP contribution in [0, 0.1) is 17.0 Å². The van der Waals surface area contributed by atoms with Crippen LogP contribution in [0.4, 0.5) is 8.78 Å². The van der Waals surface area contributed by atoms with Crippen molar-refractivity contribution in [1.82, 2.24) is 5.32 Å². The molecule has 0 radical (unpaired) electrons. The Hall–Kier alpha value is -1.04. The fraction of sp³-hybridized carbons (Fsp3) is 0.538. The van der Waals surface area contributed by atoms with E-state index < -0.39 is 17.7 Å². The van der Waals surface area contributed by atoms with E-state index in [1.807, 2.05) is 0 Å². The molecule has 1 aromatic carbocycles. The van der Waals surface area contributed by atoms with Crippen molar-refractivity contribution in [1.29, 1.82) is 0 Å². The lowest BCUT2D eigenvalue weighted by Gasteiger charge is -2.38. The smallest absolute Gasteiger partial charge is 0.129 e. The highest BCUT2D eigenvalue weighted by molar-refractivity contribution is 5.21. The van der Waals surface area contributed by atoms with Gasteiger partial charge in [-0.25, -0.2) is 8.78 Å². The molecular weight excluding hydrogens is 240 g/mol. The highest BCUT2D eigenvalue weighted by Gasteiger charge is 2.32. The molecule has 0 bridgehead atoms. The van der Waals surface area contributed by atoms with Gasteiger partial charge in [0.2, 0.25) is 0 Å². The van der Waals surface area contributed by atoms with Crippen LogP contribution in [0.5, 0.6) is 0 Å². The van der Waals surface area contributed by atoms with Gasteiger partial charge in [-0.3, -0.25) is 0 Å². The predicted molar refractivity (Wildman–Crippen MR) is 63.1 cm³/mol. The molecule has 1 atom stereocenters. The topological polar surface area (TPSA) is 41.5 Å². The first-order valence-corrected chi connectivity index (χ1v) is 5.92. The van der Waals surface area contributed by atoms with Gasteiger partial charge in [0.15, 0.2) is 0 Å². The maximum absolute atomic E-state index is 13.4. The second kappa shape index (κ2) is 5.30. The summed E-state index contributed by atoms with van der Waals surface area (Å²) in [6, 6.07) is 3.08. The molecule has 100 valence electrons. The third kappa shape index (κ3) is 3.04. The number of nitrogens with one attached hydrogen (secondary N) is 1. The third-order valence-corrected chi connectivity index (χ3v) is 3.11. The molecule has 1 aliphatic heterocycles. The molecule has 5 heteroatoms. The molecule has 0 amide bonds. The van der Waals surface area contributed by atoms with E-state index in [1.165, 1.54) is 0 Å². The summed E-state index contributed by atoms with van der Waals surface area (Å²) in [7, 11) is 0. The monoisotopic (exact) mass is 257 g/mol. The minimum absolute atomic E-state index is 0.0162. The summed E-state index contributed by atoms with van der Waals surface area (Å²) in [5, 5.41) is 12.9. The maximum atomic E-state index is 13.4. The lowest BCUT2D eigenvalue weighted by Crippen LogP contribution is -2.47. The van der Waals surface area contributed by atoms with E-state index in [-0.39, 0.29) is 17.5 Å². The van der Waals surface area contributed by atoms with Crippen LogP contribution in [0.1, 0.15) is 18.6 Å². The van der Waals surface area contributed by atoms with E-state index in [1.54, 1.807) is 0 Å². The summed E-state index contributed by atoms with van der Waals surface area (Å²) in [5.41, 5.74) is 0.0673. The third-order valence-electron chi connectivity index (χ3n) is 3.11. The fourth-order valence-corrected chi connectivity index (χ4v) is 1.94. The Balaban J connectivity index is 1.87. The van der Waals surface area contributed by atoms with E-state index in [0.29, 0.717) is 19.8 Å². The SMILES string of the molecule is CC1(CNCC(O)c2cc(F)ccc2F)COC1. The van der Waals surface area contributed by atoms with Gasteiger partial charge >= 0.3 is 0 Å². The van der Waals surface area contributed by atoms with Gasteiger partial charge in [-0.05, 0) is 18.2 Å². The summed E-state index contributed by atoms with van der Waals surface area (Å²) in [5.74, 6) is -1.14. The number of aliphatic hydroxyl groups is 1. The Bertz CT molecular complexity index is 421. The molecule has 0 spiro atoms. The van der Waals surface area contributed by atoms with Crippen LogP contribution < -0.4 is 5.32 Å². The molecule has 18 heavy (non-hydrogen) atoms. The summed E-state index contributed by atoms with van der Waals surface area (Å²) < 4.78 is 31.5. The van der Waals surface area contributed by atoms with E-state index in [2.05, 4.69) is 12.2 Å². The second-order valence-corrected chi connectivity index (χ2v) is 5.12. The molecule has 3 nitrogen and oxygen atoms in total. The van der Waals surface area contributed by atoms with Crippen LogP contribution >= 0.6 is 0 Å². The van der Waals surface area contributed by atoms with Gasteiger partial charge in [-0.1, -0.05) is 6.92 Å². The molecule has 1 saturated heterocycles.